The van der Waals surface area contributed by atoms with Crippen LogP contribution in [0.25, 0.3) is 0 Å². The highest BCUT2D eigenvalue weighted by atomic mass is 16.3. The summed E-state index contributed by atoms with van der Waals surface area (Å²) in [5, 5.41) is 18.3. The van der Waals surface area contributed by atoms with E-state index in [4.69, 9.17) is 5.11 Å². The summed E-state index contributed by atoms with van der Waals surface area (Å²) in [6.07, 6.45) is -0.133. The van der Waals surface area contributed by atoms with Crippen LogP contribution in [0.4, 0.5) is 0 Å². The summed E-state index contributed by atoms with van der Waals surface area (Å²) in [4.78, 5) is 0. The molecule has 0 aromatic heterocycles. The zero-order valence-electron chi connectivity index (χ0n) is 8.12. The first-order valence-electron chi connectivity index (χ1n) is 4.50. The van der Waals surface area contributed by atoms with Crippen LogP contribution in [0.2, 0.25) is 0 Å². The van der Waals surface area contributed by atoms with Gasteiger partial charge in [-0.05, 0) is 19.4 Å². The van der Waals surface area contributed by atoms with Gasteiger partial charge < -0.3 is 10.2 Å². The molecular formula is C11H16O2. The summed E-state index contributed by atoms with van der Waals surface area (Å²) in [6, 6.07) is 5.97. The normalized spacial score (nSPS) is 12.9. The van der Waals surface area contributed by atoms with Crippen molar-refractivity contribution in [2.45, 2.75) is 26.4 Å². The molecule has 1 aromatic rings. The molecule has 0 saturated heterocycles. The first kappa shape index (κ1) is 10.2. The number of aryl methyl sites for hydroxylation is 2. The Morgan fingerprint density at radius 3 is 2.15 bits per heavy atom. The smallest absolute Gasteiger partial charge is 0.0812 e. The van der Waals surface area contributed by atoms with Gasteiger partial charge in [0.05, 0.1) is 6.10 Å². The van der Waals surface area contributed by atoms with Crippen molar-refractivity contribution in [3.05, 3.63) is 34.9 Å². The van der Waals surface area contributed by atoms with E-state index in [1.807, 2.05) is 26.0 Å². The van der Waals surface area contributed by atoms with Crippen LogP contribution in [0.1, 0.15) is 29.2 Å². The SMILES string of the molecule is Cc1cc(C)cc(C(O)CCO)c1. The van der Waals surface area contributed by atoms with E-state index >= 15 is 0 Å². The van der Waals surface area contributed by atoms with E-state index in [2.05, 4.69) is 6.07 Å². The zero-order valence-corrected chi connectivity index (χ0v) is 8.12. The molecule has 0 bridgehead atoms. The largest absolute Gasteiger partial charge is 0.396 e. The summed E-state index contributed by atoms with van der Waals surface area (Å²) < 4.78 is 0. The highest BCUT2D eigenvalue weighted by Gasteiger charge is 2.06. The Labute approximate surface area is 78.8 Å². The molecule has 0 amide bonds. The highest BCUT2D eigenvalue weighted by Crippen LogP contribution is 2.19. The first-order valence-corrected chi connectivity index (χ1v) is 4.50. The minimum atomic E-state index is -0.538. The van der Waals surface area contributed by atoms with Gasteiger partial charge in [-0.25, -0.2) is 0 Å². The molecule has 72 valence electrons. The number of rotatable bonds is 3. The van der Waals surface area contributed by atoms with E-state index in [0.717, 1.165) is 16.7 Å². The molecule has 1 unspecified atom stereocenters. The molecule has 0 fully saturated rings. The predicted octanol–water partition coefficient (Wildman–Crippen LogP) is 1.72. The van der Waals surface area contributed by atoms with Gasteiger partial charge in [-0.15, -0.1) is 0 Å². The van der Waals surface area contributed by atoms with E-state index in [-0.39, 0.29) is 6.61 Å². The van der Waals surface area contributed by atoms with E-state index in [1.165, 1.54) is 0 Å². The number of hydrogen-bond donors (Lipinski definition) is 2. The van der Waals surface area contributed by atoms with Crippen LogP contribution >= 0.6 is 0 Å². The fourth-order valence-corrected chi connectivity index (χ4v) is 1.49. The van der Waals surface area contributed by atoms with E-state index < -0.39 is 6.10 Å². The van der Waals surface area contributed by atoms with E-state index in [9.17, 15) is 5.11 Å². The molecule has 2 nitrogen and oxygen atoms in total. The maximum atomic E-state index is 9.61. The lowest BCUT2D eigenvalue weighted by Gasteiger charge is -2.10. The Morgan fingerprint density at radius 1 is 1.15 bits per heavy atom. The van der Waals surface area contributed by atoms with Gasteiger partial charge in [0.1, 0.15) is 0 Å². The summed E-state index contributed by atoms with van der Waals surface area (Å²) in [7, 11) is 0. The van der Waals surface area contributed by atoms with Gasteiger partial charge in [-0.2, -0.15) is 0 Å². The number of hydrogen-bond acceptors (Lipinski definition) is 2. The Balaban J connectivity index is 2.87. The van der Waals surface area contributed by atoms with Crippen molar-refractivity contribution in [2.24, 2.45) is 0 Å². The van der Waals surface area contributed by atoms with Gasteiger partial charge in [0.15, 0.2) is 0 Å². The van der Waals surface area contributed by atoms with Gasteiger partial charge in [0.25, 0.3) is 0 Å². The second-order valence-electron chi connectivity index (χ2n) is 3.45. The molecule has 0 aliphatic rings. The Morgan fingerprint density at radius 2 is 1.69 bits per heavy atom. The van der Waals surface area contributed by atoms with Crippen molar-refractivity contribution in [3.8, 4) is 0 Å². The van der Waals surface area contributed by atoms with Crippen LogP contribution in [-0.2, 0) is 0 Å². The monoisotopic (exact) mass is 180 g/mol. The minimum absolute atomic E-state index is 0.0220. The molecule has 1 rings (SSSR count). The molecule has 0 heterocycles. The summed E-state index contributed by atoms with van der Waals surface area (Å²) in [5.41, 5.74) is 3.19. The van der Waals surface area contributed by atoms with Gasteiger partial charge in [-0.3, -0.25) is 0 Å². The molecule has 0 aliphatic heterocycles. The lowest BCUT2D eigenvalue weighted by Crippen LogP contribution is -2.00. The number of aliphatic hydroxyl groups is 2. The summed E-state index contributed by atoms with van der Waals surface area (Å²) in [5.74, 6) is 0. The van der Waals surface area contributed by atoms with Crippen LogP contribution in [0.3, 0.4) is 0 Å². The molecule has 13 heavy (non-hydrogen) atoms. The molecule has 0 saturated carbocycles. The first-order chi connectivity index (χ1) is 6.13. The molecule has 1 atom stereocenters. The van der Waals surface area contributed by atoms with Crippen molar-refractivity contribution in [1.82, 2.24) is 0 Å². The number of benzene rings is 1. The second kappa shape index (κ2) is 4.40. The van der Waals surface area contributed by atoms with Gasteiger partial charge in [0, 0.05) is 13.0 Å². The topological polar surface area (TPSA) is 40.5 Å². The average molecular weight is 180 g/mol. The summed E-state index contributed by atoms with van der Waals surface area (Å²) in [6.45, 7) is 4.03. The maximum absolute atomic E-state index is 9.61. The van der Waals surface area contributed by atoms with E-state index in [1.54, 1.807) is 0 Å². The minimum Gasteiger partial charge on any atom is -0.396 e. The third-order valence-electron chi connectivity index (χ3n) is 2.03. The second-order valence-corrected chi connectivity index (χ2v) is 3.45. The van der Waals surface area contributed by atoms with Gasteiger partial charge in [-0.1, -0.05) is 29.3 Å². The highest BCUT2D eigenvalue weighted by molar-refractivity contribution is 5.29. The zero-order chi connectivity index (χ0) is 9.84. The van der Waals surface area contributed by atoms with Crippen molar-refractivity contribution < 1.29 is 10.2 Å². The predicted molar refractivity (Wildman–Crippen MR) is 52.6 cm³/mol. The number of aliphatic hydroxyl groups excluding tert-OH is 2. The molecule has 0 spiro atoms. The Bertz CT molecular complexity index is 261. The maximum Gasteiger partial charge on any atom is 0.0812 e. The van der Waals surface area contributed by atoms with Gasteiger partial charge >= 0.3 is 0 Å². The lowest BCUT2D eigenvalue weighted by molar-refractivity contribution is 0.134. The standard InChI is InChI=1S/C11H16O2/c1-8-5-9(2)7-10(6-8)11(13)3-4-12/h5-7,11-13H,3-4H2,1-2H3. The van der Waals surface area contributed by atoms with Crippen molar-refractivity contribution in [3.63, 3.8) is 0 Å². The van der Waals surface area contributed by atoms with Crippen molar-refractivity contribution in [1.29, 1.82) is 0 Å². The molecule has 2 heteroatoms. The Kier molecular flexibility index (Phi) is 3.46. The quantitative estimate of drug-likeness (QED) is 0.743. The fourth-order valence-electron chi connectivity index (χ4n) is 1.49. The third kappa shape index (κ3) is 2.83. The summed E-state index contributed by atoms with van der Waals surface area (Å²) >= 11 is 0. The van der Waals surface area contributed by atoms with Gasteiger partial charge in [0.2, 0.25) is 0 Å². The third-order valence-corrected chi connectivity index (χ3v) is 2.03. The van der Waals surface area contributed by atoms with E-state index in [0.29, 0.717) is 6.42 Å². The Hall–Kier alpha value is -0.860. The van der Waals surface area contributed by atoms with Crippen LogP contribution < -0.4 is 0 Å². The average Bonchev–Trinajstić information content (AvgIpc) is 2.03. The molecule has 1 aromatic carbocycles. The van der Waals surface area contributed by atoms with Crippen LogP contribution in [0.5, 0.6) is 0 Å². The fraction of sp³-hybridized carbons (Fsp3) is 0.455. The molecule has 0 aliphatic carbocycles. The van der Waals surface area contributed by atoms with Crippen LogP contribution in [0.15, 0.2) is 18.2 Å². The van der Waals surface area contributed by atoms with Crippen molar-refractivity contribution in [2.75, 3.05) is 6.61 Å². The van der Waals surface area contributed by atoms with Crippen LogP contribution in [-0.4, -0.2) is 16.8 Å². The van der Waals surface area contributed by atoms with Crippen molar-refractivity contribution >= 4 is 0 Å². The lowest BCUT2D eigenvalue weighted by atomic mass is 10.0. The molecule has 0 radical (unpaired) electrons. The van der Waals surface area contributed by atoms with Crippen LogP contribution in [0, 0.1) is 13.8 Å². The molecule has 2 N–H and O–H groups in total. The molecular weight excluding hydrogens is 164 g/mol.